The lowest BCUT2D eigenvalue weighted by molar-refractivity contribution is -0.119. The first-order valence-corrected chi connectivity index (χ1v) is 12.0. The highest BCUT2D eigenvalue weighted by molar-refractivity contribution is 8.00. The zero-order valence-electron chi connectivity index (χ0n) is 18.4. The molecule has 0 saturated carbocycles. The Labute approximate surface area is 193 Å². The van der Waals surface area contributed by atoms with E-state index in [1.54, 1.807) is 6.07 Å². The van der Waals surface area contributed by atoms with Gasteiger partial charge in [-0.25, -0.2) is 0 Å². The van der Waals surface area contributed by atoms with Crippen molar-refractivity contribution in [1.82, 2.24) is 10.2 Å². The van der Waals surface area contributed by atoms with Gasteiger partial charge >= 0.3 is 0 Å². The van der Waals surface area contributed by atoms with Crippen LogP contribution in [0.25, 0.3) is 0 Å². The number of thioether (sulfide) groups is 1. The molecule has 170 valence electrons. The lowest BCUT2D eigenvalue weighted by Gasteiger charge is -2.35. The minimum Gasteiger partial charge on any atom is -0.379 e. The van der Waals surface area contributed by atoms with E-state index < -0.39 is 0 Å². The average molecular weight is 455 g/mol. The molecule has 1 unspecified atom stereocenters. The number of hydrogen-bond donors (Lipinski definition) is 2. The predicted molar refractivity (Wildman–Crippen MR) is 128 cm³/mol. The van der Waals surface area contributed by atoms with Crippen molar-refractivity contribution in [2.75, 3.05) is 56.2 Å². The molecule has 0 aromatic heterocycles. The molecule has 32 heavy (non-hydrogen) atoms. The van der Waals surface area contributed by atoms with E-state index in [0.717, 1.165) is 37.5 Å². The van der Waals surface area contributed by atoms with Crippen LogP contribution in [0.3, 0.4) is 0 Å². The normalized spacial score (nSPS) is 18.5. The lowest BCUT2D eigenvalue weighted by Crippen LogP contribution is -2.48. The first-order valence-electron chi connectivity index (χ1n) is 11.2. The molecule has 2 aromatic carbocycles. The summed E-state index contributed by atoms with van der Waals surface area (Å²) in [5.41, 5.74) is 2.46. The highest BCUT2D eigenvalue weighted by Gasteiger charge is 2.33. The minimum atomic E-state index is -0.253. The Hall–Kier alpha value is -2.55. The molecule has 7 nitrogen and oxygen atoms in total. The summed E-state index contributed by atoms with van der Waals surface area (Å²) in [5, 5.41) is 5.73. The molecule has 2 aromatic rings. The van der Waals surface area contributed by atoms with Gasteiger partial charge in [-0.1, -0.05) is 30.0 Å². The van der Waals surface area contributed by atoms with Crippen molar-refractivity contribution in [3.8, 4) is 0 Å². The van der Waals surface area contributed by atoms with Crippen molar-refractivity contribution in [2.24, 2.45) is 0 Å². The zero-order valence-corrected chi connectivity index (χ0v) is 19.2. The number of benzene rings is 2. The van der Waals surface area contributed by atoms with Gasteiger partial charge in [-0.05, 0) is 43.7 Å². The highest BCUT2D eigenvalue weighted by Crippen LogP contribution is 2.37. The number of rotatable bonds is 8. The molecule has 2 N–H and O–H groups in total. The van der Waals surface area contributed by atoms with Crippen molar-refractivity contribution < 1.29 is 14.3 Å². The van der Waals surface area contributed by atoms with Gasteiger partial charge in [0.15, 0.2) is 0 Å². The van der Waals surface area contributed by atoms with Gasteiger partial charge in [-0.3, -0.25) is 14.5 Å². The molecule has 2 amide bonds. The summed E-state index contributed by atoms with van der Waals surface area (Å²) < 4.78 is 5.39. The Morgan fingerprint density at radius 1 is 1.22 bits per heavy atom. The molecule has 0 bridgehead atoms. The number of morpholine rings is 1. The summed E-state index contributed by atoms with van der Waals surface area (Å²) in [6.07, 6.45) is 0.854. The molecular weight excluding hydrogens is 424 g/mol. The minimum absolute atomic E-state index is 0.0393. The van der Waals surface area contributed by atoms with Crippen molar-refractivity contribution in [2.45, 2.75) is 23.6 Å². The average Bonchev–Trinajstić information content (AvgIpc) is 2.84. The van der Waals surface area contributed by atoms with Crippen LogP contribution in [0.15, 0.2) is 53.4 Å². The van der Waals surface area contributed by atoms with Crippen molar-refractivity contribution in [3.63, 3.8) is 0 Å². The third-order valence-electron chi connectivity index (χ3n) is 5.73. The van der Waals surface area contributed by atoms with E-state index >= 15 is 0 Å². The number of amides is 2. The second-order valence-electron chi connectivity index (χ2n) is 7.84. The fraction of sp³-hybridized carbons (Fsp3) is 0.417. The first-order chi connectivity index (χ1) is 15.7. The summed E-state index contributed by atoms with van der Waals surface area (Å²) in [7, 11) is 0. The van der Waals surface area contributed by atoms with Crippen LogP contribution in [-0.2, 0) is 9.53 Å². The second-order valence-corrected chi connectivity index (χ2v) is 8.97. The van der Waals surface area contributed by atoms with Crippen LogP contribution < -0.4 is 15.5 Å². The maximum absolute atomic E-state index is 12.6. The molecule has 1 atom stereocenters. The fourth-order valence-corrected chi connectivity index (χ4v) is 5.12. The van der Waals surface area contributed by atoms with Gasteiger partial charge in [-0.2, -0.15) is 0 Å². The second kappa shape index (κ2) is 10.8. The molecule has 0 spiro atoms. The number of nitrogens with zero attached hydrogens (tertiary/aromatic N) is 2. The quantitative estimate of drug-likeness (QED) is 0.598. The van der Waals surface area contributed by atoms with Crippen LogP contribution in [0.5, 0.6) is 0 Å². The molecule has 8 heteroatoms. The Morgan fingerprint density at radius 2 is 2.00 bits per heavy atom. The van der Waals surface area contributed by atoms with Crippen LogP contribution in [-0.4, -0.2) is 68.0 Å². The van der Waals surface area contributed by atoms with Crippen LogP contribution in [0, 0.1) is 0 Å². The van der Waals surface area contributed by atoms with E-state index in [-0.39, 0.29) is 17.2 Å². The van der Waals surface area contributed by atoms with E-state index in [9.17, 15) is 9.59 Å². The SMILES string of the molecule is CCN(CCCNC(=O)c1ccc2c(c1)NC(=O)C(N1CCOCC1)S2)c1ccccc1. The number of carbonyl (C=O) groups is 2. The molecule has 0 radical (unpaired) electrons. The predicted octanol–water partition coefficient (Wildman–Crippen LogP) is 3.04. The van der Waals surface area contributed by atoms with E-state index in [1.807, 2.05) is 30.3 Å². The number of hydrogen-bond acceptors (Lipinski definition) is 6. The van der Waals surface area contributed by atoms with Crippen LogP contribution in [0.2, 0.25) is 0 Å². The summed E-state index contributed by atoms with van der Waals surface area (Å²) in [4.78, 5) is 30.7. The number of para-hydroxylation sites is 1. The van der Waals surface area contributed by atoms with E-state index in [4.69, 9.17) is 4.74 Å². The standard InChI is InChI=1S/C24H30N4O3S/c1-2-27(19-7-4-3-5-8-19)12-6-11-25-22(29)18-9-10-21-20(17-18)26-23(30)24(32-21)28-13-15-31-16-14-28/h3-5,7-10,17,24H,2,6,11-16H2,1H3,(H,25,29)(H,26,30). The maximum Gasteiger partial charge on any atom is 0.252 e. The van der Waals surface area contributed by atoms with Gasteiger partial charge in [-0.15, -0.1) is 0 Å². The number of ether oxygens (including phenoxy) is 1. The van der Waals surface area contributed by atoms with Gasteiger partial charge < -0.3 is 20.3 Å². The Balaban J connectivity index is 1.29. The number of fused-ring (bicyclic) bond motifs is 1. The van der Waals surface area contributed by atoms with Gasteiger partial charge in [0.05, 0.1) is 18.9 Å². The molecular formula is C24H30N4O3S. The smallest absolute Gasteiger partial charge is 0.252 e. The monoisotopic (exact) mass is 454 g/mol. The number of anilines is 2. The topological polar surface area (TPSA) is 73.9 Å². The molecule has 1 saturated heterocycles. The Bertz CT molecular complexity index is 934. The lowest BCUT2D eigenvalue weighted by atomic mass is 10.1. The summed E-state index contributed by atoms with van der Waals surface area (Å²) in [6, 6.07) is 15.8. The number of nitrogens with one attached hydrogen (secondary N) is 2. The summed E-state index contributed by atoms with van der Waals surface area (Å²) >= 11 is 1.54. The van der Waals surface area contributed by atoms with Gasteiger partial charge in [0.25, 0.3) is 11.8 Å². The van der Waals surface area contributed by atoms with E-state index in [2.05, 4.69) is 39.5 Å². The third-order valence-corrected chi connectivity index (χ3v) is 7.08. The Kier molecular flexibility index (Phi) is 7.68. The van der Waals surface area contributed by atoms with E-state index in [1.165, 1.54) is 17.4 Å². The summed E-state index contributed by atoms with van der Waals surface area (Å²) in [5.74, 6) is -0.160. The van der Waals surface area contributed by atoms with Gasteiger partial charge in [0.1, 0.15) is 5.37 Å². The zero-order chi connectivity index (χ0) is 22.3. The van der Waals surface area contributed by atoms with Crippen LogP contribution in [0.4, 0.5) is 11.4 Å². The van der Waals surface area contributed by atoms with Crippen molar-refractivity contribution in [3.05, 3.63) is 54.1 Å². The first kappa shape index (κ1) is 22.6. The number of carbonyl (C=O) groups excluding carboxylic acids is 2. The van der Waals surface area contributed by atoms with Gasteiger partial charge in [0.2, 0.25) is 0 Å². The highest BCUT2D eigenvalue weighted by atomic mass is 32.2. The Morgan fingerprint density at radius 3 is 2.75 bits per heavy atom. The summed E-state index contributed by atoms with van der Waals surface area (Å²) in [6.45, 7) is 7.33. The third kappa shape index (κ3) is 5.43. The maximum atomic E-state index is 12.6. The van der Waals surface area contributed by atoms with Crippen LogP contribution >= 0.6 is 11.8 Å². The van der Waals surface area contributed by atoms with Crippen molar-refractivity contribution in [1.29, 1.82) is 0 Å². The van der Waals surface area contributed by atoms with Crippen LogP contribution in [0.1, 0.15) is 23.7 Å². The fourth-order valence-electron chi connectivity index (χ4n) is 3.97. The molecule has 2 aliphatic rings. The molecule has 0 aliphatic carbocycles. The molecule has 2 aliphatic heterocycles. The molecule has 2 heterocycles. The molecule has 4 rings (SSSR count). The van der Waals surface area contributed by atoms with Gasteiger partial charge in [0, 0.05) is 48.9 Å². The van der Waals surface area contributed by atoms with E-state index in [0.29, 0.717) is 31.0 Å². The largest absolute Gasteiger partial charge is 0.379 e. The molecule has 1 fully saturated rings. The van der Waals surface area contributed by atoms with Crippen molar-refractivity contribution >= 4 is 35.0 Å².